The van der Waals surface area contributed by atoms with Crippen LogP contribution in [0.4, 0.5) is 0 Å². The average Bonchev–Trinajstić information content (AvgIpc) is 2.85. The molecule has 0 saturated carbocycles. The summed E-state index contributed by atoms with van der Waals surface area (Å²) in [6.45, 7) is 2.77. The molecule has 4 nitrogen and oxygen atoms in total. The number of rotatable bonds is 3. The first-order valence-electron chi connectivity index (χ1n) is 4.56. The number of aromatic nitrogens is 2. The lowest BCUT2D eigenvalue weighted by atomic mass is 10.1. The molecular weight excluding hydrogens is 212 g/mol. The highest BCUT2D eigenvalue weighted by Crippen LogP contribution is 2.27. The molecule has 2 heterocycles. The van der Waals surface area contributed by atoms with Crippen molar-refractivity contribution in [3.05, 3.63) is 28.7 Å². The lowest BCUT2D eigenvalue weighted by Gasteiger charge is -1.95. The zero-order chi connectivity index (χ0) is 10.8. The van der Waals surface area contributed by atoms with E-state index in [1.165, 1.54) is 11.3 Å². The number of nitrogens with zero attached hydrogens (tertiary/aromatic N) is 2. The fraction of sp³-hybridized carbons (Fsp3) is 0.200. The Bertz CT molecular complexity index is 487. The predicted molar refractivity (Wildman–Crippen MR) is 58.2 cm³/mol. The van der Waals surface area contributed by atoms with Gasteiger partial charge in [-0.2, -0.15) is 5.10 Å². The van der Waals surface area contributed by atoms with Gasteiger partial charge in [0.25, 0.3) is 0 Å². The SMILES string of the molecule is CCn1cc(-c2ccsc2C(=O)O)cn1. The molecule has 0 aromatic carbocycles. The summed E-state index contributed by atoms with van der Waals surface area (Å²) in [5.41, 5.74) is 1.60. The van der Waals surface area contributed by atoms with Crippen LogP contribution >= 0.6 is 11.3 Å². The van der Waals surface area contributed by atoms with Gasteiger partial charge in [-0.25, -0.2) is 4.79 Å². The topological polar surface area (TPSA) is 55.1 Å². The van der Waals surface area contributed by atoms with E-state index in [4.69, 9.17) is 5.11 Å². The number of carboxylic acids is 1. The summed E-state index contributed by atoms with van der Waals surface area (Å²) in [6.07, 6.45) is 3.55. The van der Waals surface area contributed by atoms with Crippen LogP contribution in [-0.4, -0.2) is 20.9 Å². The van der Waals surface area contributed by atoms with Crippen molar-refractivity contribution < 1.29 is 9.90 Å². The van der Waals surface area contributed by atoms with Gasteiger partial charge in [0.15, 0.2) is 0 Å². The number of hydrogen-bond donors (Lipinski definition) is 1. The second-order valence-corrected chi connectivity index (χ2v) is 3.97. The van der Waals surface area contributed by atoms with E-state index in [9.17, 15) is 4.79 Å². The van der Waals surface area contributed by atoms with E-state index in [0.29, 0.717) is 4.88 Å². The second-order valence-electron chi connectivity index (χ2n) is 3.05. The Labute approximate surface area is 90.8 Å². The monoisotopic (exact) mass is 222 g/mol. The van der Waals surface area contributed by atoms with E-state index in [1.54, 1.807) is 16.3 Å². The number of carboxylic acid groups (broad SMARTS) is 1. The Morgan fingerprint density at radius 1 is 1.67 bits per heavy atom. The van der Waals surface area contributed by atoms with Gasteiger partial charge in [-0.3, -0.25) is 4.68 Å². The Morgan fingerprint density at radius 2 is 2.47 bits per heavy atom. The van der Waals surface area contributed by atoms with E-state index in [1.807, 2.05) is 19.2 Å². The predicted octanol–water partition coefficient (Wildman–Crippen LogP) is 2.33. The third-order valence-electron chi connectivity index (χ3n) is 2.13. The van der Waals surface area contributed by atoms with Crippen molar-refractivity contribution in [3.63, 3.8) is 0 Å². The Kier molecular flexibility index (Phi) is 2.55. The minimum absolute atomic E-state index is 0.366. The van der Waals surface area contributed by atoms with Gasteiger partial charge in [0.1, 0.15) is 4.88 Å². The van der Waals surface area contributed by atoms with E-state index < -0.39 is 5.97 Å². The van der Waals surface area contributed by atoms with Crippen LogP contribution in [0, 0.1) is 0 Å². The molecule has 78 valence electrons. The lowest BCUT2D eigenvalue weighted by molar-refractivity contribution is 0.0703. The summed E-state index contributed by atoms with van der Waals surface area (Å²) in [5, 5.41) is 14.9. The van der Waals surface area contributed by atoms with Gasteiger partial charge < -0.3 is 5.11 Å². The molecule has 0 unspecified atom stereocenters. The summed E-state index contributed by atoms with van der Waals surface area (Å²) in [7, 11) is 0. The van der Waals surface area contributed by atoms with E-state index >= 15 is 0 Å². The molecule has 2 rings (SSSR count). The van der Waals surface area contributed by atoms with E-state index in [2.05, 4.69) is 5.10 Å². The van der Waals surface area contributed by atoms with Crippen molar-refractivity contribution in [2.75, 3.05) is 0 Å². The molecule has 2 aromatic rings. The third kappa shape index (κ3) is 1.78. The van der Waals surface area contributed by atoms with Crippen molar-refractivity contribution in [2.24, 2.45) is 0 Å². The van der Waals surface area contributed by atoms with Crippen LogP contribution in [0.3, 0.4) is 0 Å². The van der Waals surface area contributed by atoms with Gasteiger partial charge in [0.05, 0.1) is 6.20 Å². The summed E-state index contributed by atoms with van der Waals surface area (Å²) in [4.78, 5) is 11.3. The maximum atomic E-state index is 10.9. The molecule has 0 saturated heterocycles. The Balaban J connectivity index is 2.44. The van der Waals surface area contributed by atoms with Gasteiger partial charge >= 0.3 is 5.97 Å². The normalized spacial score (nSPS) is 10.5. The van der Waals surface area contributed by atoms with Crippen molar-refractivity contribution >= 4 is 17.3 Å². The first kappa shape index (κ1) is 9.92. The molecule has 0 aliphatic rings. The Morgan fingerprint density at radius 3 is 3.07 bits per heavy atom. The second kappa shape index (κ2) is 3.86. The molecule has 1 N–H and O–H groups in total. The first-order valence-corrected chi connectivity index (χ1v) is 5.44. The van der Waals surface area contributed by atoms with Crippen LogP contribution in [0.2, 0.25) is 0 Å². The highest BCUT2D eigenvalue weighted by molar-refractivity contribution is 7.12. The fourth-order valence-electron chi connectivity index (χ4n) is 1.38. The summed E-state index contributed by atoms with van der Waals surface area (Å²) >= 11 is 1.23. The number of thiophene rings is 1. The van der Waals surface area contributed by atoms with Crippen molar-refractivity contribution in [1.82, 2.24) is 9.78 Å². The fourth-order valence-corrected chi connectivity index (χ4v) is 2.13. The summed E-state index contributed by atoms with van der Waals surface area (Å²) < 4.78 is 1.78. The maximum Gasteiger partial charge on any atom is 0.346 e. The maximum absolute atomic E-state index is 10.9. The number of hydrogen-bond acceptors (Lipinski definition) is 3. The molecule has 0 aliphatic carbocycles. The largest absolute Gasteiger partial charge is 0.477 e. The summed E-state index contributed by atoms with van der Waals surface area (Å²) in [5.74, 6) is -0.885. The average molecular weight is 222 g/mol. The van der Waals surface area contributed by atoms with Crippen LogP contribution in [0.1, 0.15) is 16.6 Å². The molecule has 0 atom stereocenters. The number of aryl methyl sites for hydroxylation is 1. The van der Waals surface area contributed by atoms with Gasteiger partial charge in [-0.05, 0) is 18.4 Å². The molecule has 0 amide bonds. The molecule has 2 aromatic heterocycles. The molecule has 5 heteroatoms. The number of carbonyl (C=O) groups is 1. The van der Waals surface area contributed by atoms with Crippen LogP contribution in [-0.2, 0) is 6.54 Å². The molecular formula is C10H10N2O2S. The highest BCUT2D eigenvalue weighted by atomic mass is 32.1. The van der Waals surface area contributed by atoms with Crippen LogP contribution < -0.4 is 0 Å². The minimum Gasteiger partial charge on any atom is -0.477 e. The van der Waals surface area contributed by atoms with Gasteiger partial charge in [-0.15, -0.1) is 11.3 Å². The zero-order valence-corrected chi connectivity index (χ0v) is 8.99. The standard InChI is InChI=1S/C10H10N2O2S/c1-2-12-6-7(5-11-12)8-3-4-15-9(8)10(13)14/h3-6H,2H2,1H3,(H,13,14). The molecule has 0 spiro atoms. The van der Waals surface area contributed by atoms with Crippen LogP contribution in [0.25, 0.3) is 11.1 Å². The van der Waals surface area contributed by atoms with Gasteiger partial charge in [-0.1, -0.05) is 0 Å². The van der Waals surface area contributed by atoms with Gasteiger partial charge in [0, 0.05) is 23.9 Å². The lowest BCUT2D eigenvalue weighted by Crippen LogP contribution is -1.94. The quantitative estimate of drug-likeness (QED) is 0.867. The molecule has 0 bridgehead atoms. The Hall–Kier alpha value is -1.62. The zero-order valence-electron chi connectivity index (χ0n) is 8.17. The molecule has 0 fully saturated rings. The van der Waals surface area contributed by atoms with Crippen molar-refractivity contribution in [1.29, 1.82) is 0 Å². The smallest absolute Gasteiger partial charge is 0.346 e. The van der Waals surface area contributed by atoms with Crippen molar-refractivity contribution in [2.45, 2.75) is 13.5 Å². The minimum atomic E-state index is -0.885. The third-order valence-corrected chi connectivity index (χ3v) is 3.03. The molecule has 0 radical (unpaired) electrons. The van der Waals surface area contributed by atoms with E-state index in [-0.39, 0.29) is 0 Å². The number of aromatic carboxylic acids is 1. The first-order chi connectivity index (χ1) is 7.22. The molecule has 15 heavy (non-hydrogen) atoms. The van der Waals surface area contributed by atoms with Crippen LogP contribution in [0.5, 0.6) is 0 Å². The van der Waals surface area contributed by atoms with Crippen LogP contribution in [0.15, 0.2) is 23.8 Å². The van der Waals surface area contributed by atoms with E-state index in [0.717, 1.165) is 17.7 Å². The van der Waals surface area contributed by atoms with Crippen molar-refractivity contribution in [3.8, 4) is 11.1 Å². The van der Waals surface area contributed by atoms with Gasteiger partial charge in [0.2, 0.25) is 0 Å². The highest BCUT2D eigenvalue weighted by Gasteiger charge is 2.14. The summed E-state index contributed by atoms with van der Waals surface area (Å²) in [6, 6.07) is 1.81. The molecule has 0 aliphatic heterocycles.